The first-order chi connectivity index (χ1) is 8.28. The lowest BCUT2D eigenvalue weighted by Gasteiger charge is -2.38. The maximum atomic E-state index is 6.13. The van der Waals surface area contributed by atoms with Crippen molar-refractivity contribution in [3.05, 3.63) is 0 Å². The quantitative estimate of drug-likeness (QED) is 0.685. The Morgan fingerprint density at radius 1 is 1.41 bits per heavy atom. The van der Waals surface area contributed by atoms with E-state index >= 15 is 0 Å². The minimum atomic E-state index is -2.42. The second-order valence-corrected chi connectivity index (χ2v) is 7.35. The molecule has 0 aliphatic carbocycles. The third kappa shape index (κ3) is 3.49. The topological polar surface area (TPSA) is 40.2 Å². The standard InChI is InChI=1S/C11H23NO4Si/c1-3-12-5-7-15-17(13-2)8-4-6-14-10-11(9-12)16-17/h11H,3-10H2,1-2H3. The van der Waals surface area contributed by atoms with Crippen LogP contribution in [-0.2, 0) is 18.0 Å². The smallest absolute Gasteiger partial charge is 0.379 e. The fourth-order valence-corrected chi connectivity index (χ4v) is 4.73. The largest absolute Gasteiger partial charge is 0.501 e. The minimum Gasteiger partial charge on any atom is -0.379 e. The maximum Gasteiger partial charge on any atom is 0.501 e. The molecule has 6 heteroatoms. The number of ether oxygens (including phenoxy) is 1. The number of rotatable bonds is 2. The minimum absolute atomic E-state index is 0.0853. The summed E-state index contributed by atoms with van der Waals surface area (Å²) in [6.45, 7) is 7.19. The summed E-state index contributed by atoms with van der Waals surface area (Å²) in [6, 6.07) is 0.867. The number of nitrogens with zero attached hydrogens (tertiary/aromatic N) is 1. The Bertz CT molecular complexity index is 244. The molecule has 2 aliphatic heterocycles. The average Bonchev–Trinajstić information content (AvgIpc) is 2.28. The predicted octanol–water partition coefficient (Wildman–Crippen LogP) is 0.729. The molecule has 2 heterocycles. The highest BCUT2D eigenvalue weighted by molar-refractivity contribution is 6.60. The third-order valence-electron chi connectivity index (χ3n) is 3.37. The maximum absolute atomic E-state index is 6.13. The van der Waals surface area contributed by atoms with E-state index in [2.05, 4.69) is 11.8 Å². The second-order valence-electron chi connectivity index (χ2n) is 4.55. The van der Waals surface area contributed by atoms with Gasteiger partial charge in [-0.1, -0.05) is 6.92 Å². The van der Waals surface area contributed by atoms with E-state index in [1.807, 2.05) is 0 Å². The zero-order valence-electron chi connectivity index (χ0n) is 10.8. The van der Waals surface area contributed by atoms with Crippen LogP contribution in [0.4, 0.5) is 0 Å². The van der Waals surface area contributed by atoms with Crippen LogP contribution in [0.3, 0.4) is 0 Å². The lowest BCUT2D eigenvalue weighted by Crippen LogP contribution is -2.55. The molecule has 0 aromatic rings. The summed E-state index contributed by atoms with van der Waals surface area (Å²) in [5, 5.41) is 0. The monoisotopic (exact) mass is 261 g/mol. The summed E-state index contributed by atoms with van der Waals surface area (Å²) in [7, 11) is -0.708. The van der Waals surface area contributed by atoms with E-state index in [-0.39, 0.29) is 6.10 Å². The van der Waals surface area contributed by atoms with Crippen LogP contribution in [0.25, 0.3) is 0 Å². The van der Waals surface area contributed by atoms with Crippen LogP contribution >= 0.6 is 0 Å². The van der Waals surface area contributed by atoms with Crippen molar-refractivity contribution in [3.63, 3.8) is 0 Å². The van der Waals surface area contributed by atoms with Gasteiger partial charge in [-0.3, -0.25) is 4.90 Å². The van der Waals surface area contributed by atoms with Crippen LogP contribution in [-0.4, -0.2) is 66.4 Å². The van der Waals surface area contributed by atoms with Crippen molar-refractivity contribution in [3.8, 4) is 0 Å². The van der Waals surface area contributed by atoms with Gasteiger partial charge in [-0.25, -0.2) is 0 Å². The molecular formula is C11H23NO4Si. The Morgan fingerprint density at radius 3 is 3.06 bits per heavy atom. The van der Waals surface area contributed by atoms with Crippen molar-refractivity contribution in [2.75, 3.05) is 46.6 Å². The summed E-state index contributed by atoms with van der Waals surface area (Å²) in [5.74, 6) is 0. The van der Waals surface area contributed by atoms with E-state index in [4.69, 9.17) is 18.0 Å². The van der Waals surface area contributed by atoms with E-state index in [0.717, 1.165) is 38.7 Å². The van der Waals surface area contributed by atoms with Crippen molar-refractivity contribution >= 4 is 8.80 Å². The van der Waals surface area contributed by atoms with Crippen LogP contribution in [0.5, 0.6) is 0 Å². The zero-order chi connectivity index (χ0) is 12.1. The van der Waals surface area contributed by atoms with Crippen molar-refractivity contribution in [2.45, 2.75) is 25.5 Å². The molecule has 17 heavy (non-hydrogen) atoms. The Kier molecular flexibility index (Phi) is 4.95. The van der Waals surface area contributed by atoms with E-state index in [9.17, 15) is 0 Å². The molecule has 2 saturated heterocycles. The first kappa shape index (κ1) is 13.4. The van der Waals surface area contributed by atoms with Crippen molar-refractivity contribution in [2.24, 2.45) is 0 Å². The zero-order valence-corrected chi connectivity index (χ0v) is 11.8. The lowest BCUT2D eigenvalue weighted by molar-refractivity contribution is -0.0491. The van der Waals surface area contributed by atoms with Crippen LogP contribution in [0.2, 0.25) is 6.04 Å². The Morgan fingerprint density at radius 2 is 2.29 bits per heavy atom. The predicted molar refractivity (Wildman–Crippen MR) is 65.9 cm³/mol. The van der Waals surface area contributed by atoms with Gasteiger partial charge in [-0.2, -0.15) is 0 Å². The Hall–Kier alpha value is 0.0169. The molecule has 2 unspecified atom stereocenters. The molecule has 0 radical (unpaired) electrons. The van der Waals surface area contributed by atoms with Crippen molar-refractivity contribution < 1.29 is 18.0 Å². The van der Waals surface area contributed by atoms with Crippen LogP contribution in [0.15, 0.2) is 0 Å². The first-order valence-corrected chi connectivity index (χ1v) is 8.38. The van der Waals surface area contributed by atoms with Gasteiger partial charge in [0, 0.05) is 32.9 Å². The van der Waals surface area contributed by atoms with Crippen LogP contribution < -0.4 is 0 Å². The van der Waals surface area contributed by atoms with E-state index in [1.165, 1.54) is 0 Å². The van der Waals surface area contributed by atoms with Gasteiger partial charge in [0.15, 0.2) is 0 Å². The van der Waals surface area contributed by atoms with Gasteiger partial charge in [-0.15, -0.1) is 0 Å². The molecule has 2 fully saturated rings. The van der Waals surface area contributed by atoms with Crippen molar-refractivity contribution in [1.82, 2.24) is 4.90 Å². The SMILES string of the molecule is CCN1CCO[Si]2(OC)CCCOCC(C1)O2. The van der Waals surface area contributed by atoms with Gasteiger partial charge >= 0.3 is 8.80 Å². The molecule has 0 aromatic carbocycles. The Labute approximate surface area is 104 Å². The molecule has 0 aromatic heterocycles. The molecule has 5 nitrogen and oxygen atoms in total. The fraction of sp³-hybridized carbons (Fsp3) is 1.00. The highest BCUT2D eigenvalue weighted by Gasteiger charge is 2.44. The molecule has 2 aliphatic rings. The molecule has 0 saturated carbocycles. The van der Waals surface area contributed by atoms with Crippen LogP contribution in [0, 0.1) is 0 Å². The number of hydrogen-bond acceptors (Lipinski definition) is 5. The summed E-state index contributed by atoms with van der Waals surface area (Å²) >= 11 is 0. The Balaban J connectivity index is 2.07. The molecule has 0 spiro atoms. The van der Waals surface area contributed by atoms with Gasteiger partial charge in [0.25, 0.3) is 0 Å². The van der Waals surface area contributed by atoms with E-state index in [1.54, 1.807) is 7.11 Å². The molecule has 0 amide bonds. The van der Waals surface area contributed by atoms with E-state index in [0.29, 0.717) is 13.2 Å². The molecule has 100 valence electrons. The molecule has 2 rings (SSSR count). The molecular weight excluding hydrogens is 238 g/mol. The summed E-state index contributed by atoms with van der Waals surface area (Å²) in [6.07, 6.45) is 1.05. The van der Waals surface area contributed by atoms with Crippen molar-refractivity contribution in [1.29, 1.82) is 0 Å². The third-order valence-corrected chi connectivity index (χ3v) is 6.30. The second kappa shape index (κ2) is 6.26. The number of hydrogen-bond donors (Lipinski definition) is 0. The molecule has 2 atom stereocenters. The van der Waals surface area contributed by atoms with Crippen LogP contribution in [0.1, 0.15) is 13.3 Å². The van der Waals surface area contributed by atoms with Gasteiger partial charge < -0.3 is 18.0 Å². The summed E-state index contributed by atoms with van der Waals surface area (Å²) in [5.41, 5.74) is 0. The normalized spacial score (nSPS) is 36.7. The van der Waals surface area contributed by atoms with Gasteiger partial charge in [-0.05, 0) is 13.0 Å². The highest BCUT2D eigenvalue weighted by atomic mass is 28.4. The number of fused-ring (bicyclic) bond motifs is 2. The van der Waals surface area contributed by atoms with E-state index < -0.39 is 8.80 Å². The fourth-order valence-electron chi connectivity index (χ4n) is 2.35. The summed E-state index contributed by atoms with van der Waals surface area (Å²) in [4.78, 5) is 2.34. The lowest BCUT2D eigenvalue weighted by atomic mass is 10.3. The highest BCUT2D eigenvalue weighted by Crippen LogP contribution is 2.23. The first-order valence-electron chi connectivity index (χ1n) is 6.45. The molecule has 0 N–H and O–H groups in total. The van der Waals surface area contributed by atoms with Gasteiger partial charge in [0.05, 0.1) is 19.3 Å². The van der Waals surface area contributed by atoms with Gasteiger partial charge in [0.1, 0.15) is 0 Å². The average molecular weight is 261 g/mol. The molecule has 2 bridgehead atoms. The number of likely N-dealkylation sites (N-methyl/N-ethyl adjacent to an activating group) is 1. The summed E-state index contributed by atoms with van der Waals surface area (Å²) < 4.78 is 23.3. The van der Waals surface area contributed by atoms with Gasteiger partial charge in [0.2, 0.25) is 0 Å².